The average Bonchev–Trinajstić information content (AvgIpc) is 2.67. The van der Waals surface area contributed by atoms with Gasteiger partial charge in [-0.2, -0.15) is 0 Å². The minimum atomic E-state index is 0.218. The maximum atomic E-state index is 2.29. The summed E-state index contributed by atoms with van der Waals surface area (Å²) in [6.07, 6.45) is 5.50. The van der Waals surface area contributed by atoms with Crippen LogP contribution in [0.4, 0.5) is 0 Å². The van der Waals surface area contributed by atoms with Gasteiger partial charge in [-0.05, 0) is 17.5 Å². The zero-order valence-corrected chi connectivity index (χ0v) is 11.5. The second kappa shape index (κ2) is 7.18. The number of hydrogen-bond donors (Lipinski definition) is 0. The van der Waals surface area contributed by atoms with Crippen LogP contribution in [-0.4, -0.2) is 0 Å². The van der Waals surface area contributed by atoms with Gasteiger partial charge in [0.15, 0.2) is 0 Å². The van der Waals surface area contributed by atoms with Crippen LogP contribution in [-0.2, 0) is 29.7 Å². The number of allylic oxidation sites excluding steroid dienone is 1. The Bertz CT molecular complexity index is 287. The zero-order valence-electron chi connectivity index (χ0n) is 9.09. The molecule has 0 spiro atoms. The van der Waals surface area contributed by atoms with E-state index in [2.05, 4.69) is 50.3 Å². The van der Waals surface area contributed by atoms with Crippen LogP contribution in [0.2, 0.25) is 8.26 Å². The van der Waals surface area contributed by atoms with Crippen molar-refractivity contribution in [3.63, 3.8) is 0 Å². The molecule has 0 fully saturated rings. The second-order valence-corrected chi connectivity index (χ2v) is 7.97. The molecule has 0 nitrogen and oxygen atoms in total. The Morgan fingerprint density at radius 2 is 1.86 bits per heavy atom. The molecule has 0 amide bonds. The second-order valence-electron chi connectivity index (χ2n) is 3.26. The fraction of sp³-hybridized carbons (Fsp3) is 0.385. The number of benzene rings is 1. The number of fused-ring (bicyclic) bond motifs is 1. The van der Waals surface area contributed by atoms with E-state index in [-0.39, 0.29) is 23.2 Å². The summed E-state index contributed by atoms with van der Waals surface area (Å²) in [6.45, 7) is 4.57. The number of hydrogen-bond acceptors (Lipinski definition) is 0. The molecule has 74 valence electrons. The fourth-order valence-corrected chi connectivity index (χ4v) is 2.67. The van der Waals surface area contributed by atoms with Crippen molar-refractivity contribution in [3.8, 4) is 0 Å². The molecule has 0 unspecified atom stereocenters. The van der Waals surface area contributed by atoms with E-state index in [4.69, 9.17) is 0 Å². The molecule has 0 radical (unpaired) electrons. The van der Waals surface area contributed by atoms with Gasteiger partial charge in [-0.3, -0.25) is 0 Å². The molecule has 1 aromatic carbocycles. The summed E-state index contributed by atoms with van der Waals surface area (Å²) < 4.78 is 3.03. The van der Waals surface area contributed by atoms with Gasteiger partial charge in [-0.15, -0.1) is 0 Å². The van der Waals surface area contributed by atoms with E-state index in [0.717, 1.165) is 6.42 Å². The molecule has 0 N–H and O–H groups in total. The quantitative estimate of drug-likeness (QED) is 0.752. The van der Waals surface area contributed by atoms with Gasteiger partial charge in [0, 0.05) is 0 Å². The predicted molar refractivity (Wildman–Crippen MR) is 60.1 cm³/mol. The van der Waals surface area contributed by atoms with Crippen molar-refractivity contribution in [2.45, 2.75) is 28.5 Å². The van der Waals surface area contributed by atoms with Crippen LogP contribution in [0.1, 0.15) is 25.0 Å². The molecule has 0 aliphatic heterocycles. The van der Waals surface area contributed by atoms with Crippen molar-refractivity contribution >= 4 is 6.08 Å². The standard InChI is InChI=1S/C9H8.2C2H5.Zr/c1-2-5-9-7-3-6-8(9)4-1;2*1-2;/h1-6H,7H2;2*1H2,2H3;. The topological polar surface area (TPSA) is 0 Å². The minimum absolute atomic E-state index is 0.218. The first-order valence-corrected chi connectivity index (χ1v) is 8.81. The van der Waals surface area contributed by atoms with Crippen LogP contribution in [0.5, 0.6) is 0 Å². The molecule has 0 atom stereocenters. The Morgan fingerprint density at radius 3 is 2.43 bits per heavy atom. The molecular weight excluding hydrogens is 247 g/mol. The van der Waals surface area contributed by atoms with Gasteiger partial charge in [0.25, 0.3) is 0 Å². The normalized spacial score (nSPS) is 11.6. The van der Waals surface area contributed by atoms with Crippen LogP contribution in [0, 0.1) is 0 Å². The molecule has 1 heteroatoms. The summed E-state index contributed by atoms with van der Waals surface area (Å²) in [5.41, 5.74) is 2.84. The Kier molecular flexibility index (Phi) is 6.11. The van der Waals surface area contributed by atoms with E-state index in [1.807, 2.05) is 0 Å². The predicted octanol–water partition coefficient (Wildman–Crippen LogP) is 4.20. The Balaban J connectivity index is 0.000000171. The van der Waals surface area contributed by atoms with E-state index in [1.165, 1.54) is 19.4 Å². The van der Waals surface area contributed by atoms with Gasteiger partial charge in [-0.25, -0.2) is 0 Å². The van der Waals surface area contributed by atoms with Gasteiger partial charge in [0.05, 0.1) is 0 Å². The van der Waals surface area contributed by atoms with Crippen molar-refractivity contribution in [3.05, 3.63) is 41.5 Å². The third kappa shape index (κ3) is 3.92. The third-order valence-electron chi connectivity index (χ3n) is 2.19. The average molecular weight is 266 g/mol. The third-order valence-corrected chi connectivity index (χ3v) is 4.65. The Labute approximate surface area is 99.0 Å². The molecular formula is C13H18Zr. The van der Waals surface area contributed by atoms with Crippen molar-refractivity contribution in [1.29, 1.82) is 0 Å². The summed E-state index contributed by atoms with van der Waals surface area (Å²) in [7, 11) is 0. The maximum absolute atomic E-state index is 2.29. The first-order chi connectivity index (χ1) is 6.88. The first-order valence-electron chi connectivity index (χ1n) is 5.33. The van der Waals surface area contributed by atoms with Gasteiger partial charge in [-0.1, -0.05) is 36.4 Å². The van der Waals surface area contributed by atoms with Gasteiger partial charge < -0.3 is 0 Å². The van der Waals surface area contributed by atoms with E-state index >= 15 is 0 Å². The van der Waals surface area contributed by atoms with Crippen molar-refractivity contribution in [1.82, 2.24) is 0 Å². The van der Waals surface area contributed by atoms with Crippen molar-refractivity contribution < 1.29 is 23.2 Å². The van der Waals surface area contributed by atoms with E-state index in [9.17, 15) is 0 Å². The van der Waals surface area contributed by atoms with Crippen LogP contribution >= 0.6 is 0 Å². The van der Waals surface area contributed by atoms with Crippen molar-refractivity contribution in [2.75, 3.05) is 0 Å². The van der Waals surface area contributed by atoms with Gasteiger partial charge >= 0.3 is 45.3 Å². The summed E-state index contributed by atoms with van der Waals surface area (Å²) in [4.78, 5) is 0. The molecule has 1 aliphatic carbocycles. The van der Waals surface area contributed by atoms with Crippen molar-refractivity contribution in [2.24, 2.45) is 0 Å². The summed E-state index contributed by atoms with van der Waals surface area (Å²) in [5, 5.41) is 0. The summed E-state index contributed by atoms with van der Waals surface area (Å²) in [6, 6.07) is 8.49. The zero-order chi connectivity index (χ0) is 10.2. The van der Waals surface area contributed by atoms with Crippen LogP contribution in [0.15, 0.2) is 30.3 Å². The number of rotatable bonds is 2. The van der Waals surface area contributed by atoms with E-state index < -0.39 is 0 Å². The monoisotopic (exact) mass is 264 g/mol. The molecule has 0 aromatic heterocycles. The Hall–Kier alpha value is -0.157. The summed E-state index contributed by atoms with van der Waals surface area (Å²) >= 11 is 0.218. The van der Waals surface area contributed by atoms with E-state index in [1.54, 1.807) is 0 Å². The Morgan fingerprint density at radius 1 is 1.14 bits per heavy atom. The molecule has 1 aliphatic rings. The SMILES string of the molecule is C1=Cc2ccccc2C1.C[CH2][Zr][CH2]C. The summed E-state index contributed by atoms with van der Waals surface area (Å²) in [5.74, 6) is 0. The van der Waals surface area contributed by atoms with Gasteiger partial charge in [0.2, 0.25) is 0 Å². The van der Waals surface area contributed by atoms with Crippen LogP contribution < -0.4 is 0 Å². The molecule has 0 saturated carbocycles. The molecule has 1 aromatic rings. The molecule has 0 saturated heterocycles. The molecule has 0 heterocycles. The van der Waals surface area contributed by atoms with Crippen LogP contribution in [0.25, 0.3) is 6.08 Å². The fourth-order valence-electron chi connectivity index (χ4n) is 1.45. The van der Waals surface area contributed by atoms with Crippen LogP contribution in [0.3, 0.4) is 0 Å². The molecule has 14 heavy (non-hydrogen) atoms. The van der Waals surface area contributed by atoms with Gasteiger partial charge in [0.1, 0.15) is 0 Å². The van der Waals surface area contributed by atoms with E-state index in [0.29, 0.717) is 0 Å². The molecule has 0 bridgehead atoms. The molecule has 2 rings (SSSR count). The first kappa shape index (κ1) is 11.9.